The molecule has 1 aromatic rings. The van der Waals surface area contributed by atoms with Gasteiger partial charge in [0.05, 0.1) is 31.5 Å². The molecule has 0 spiro atoms. The van der Waals surface area contributed by atoms with Crippen LogP contribution in [0.15, 0.2) is 12.1 Å². The van der Waals surface area contributed by atoms with Gasteiger partial charge in [0.15, 0.2) is 0 Å². The van der Waals surface area contributed by atoms with Crippen molar-refractivity contribution in [2.24, 2.45) is 0 Å². The Kier molecular flexibility index (Phi) is 6.15. The number of nitrogens with one attached hydrogen (secondary N) is 2. The number of benzene rings is 1. The maximum atomic E-state index is 11.9. The van der Waals surface area contributed by atoms with Gasteiger partial charge in [-0.05, 0) is 26.3 Å². The summed E-state index contributed by atoms with van der Waals surface area (Å²) < 4.78 is 10.4. The quantitative estimate of drug-likeness (QED) is 0.812. The van der Waals surface area contributed by atoms with Gasteiger partial charge in [0.2, 0.25) is 5.91 Å². The van der Waals surface area contributed by atoms with Crippen LogP contribution in [0.5, 0.6) is 11.5 Å². The molecule has 0 heterocycles. The molecule has 0 saturated carbocycles. The van der Waals surface area contributed by atoms with Crippen LogP contribution in [0.4, 0.5) is 5.69 Å². The fourth-order valence-corrected chi connectivity index (χ4v) is 1.92. The Labute approximate surface area is 131 Å². The van der Waals surface area contributed by atoms with Crippen molar-refractivity contribution in [3.63, 3.8) is 0 Å². The smallest absolute Gasteiger partial charge is 0.239 e. The summed E-state index contributed by atoms with van der Waals surface area (Å²) in [5, 5.41) is 6.43. The average Bonchev–Trinajstić information content (AvgIpc) is 2.44. The molecule has 0 bridgehead atoms. The molecule has 1 aromatic carbocycles. The molecule has 0 aliphatic carbocycles. The number of rotatable bonds is 7. The number of ether oxygens (including phenoxy) is 2. The molecule has 2 N–H and O–H groups in total. The van der Waals surface area contributed by atoms with Crippen LogP contribution in [-0.2, 0) is 4.79 Å². The van der Waals surface area contributed by atoms with E-state index in [1.165, 1.54) is 7.11 Å². The number of carbonyl (C=O) groups is 1. The summed E-state index contributed by atoms with van der Waals surface area (Å²) in [6.07, 6.45) is 0.858. The molecule has 0 aromatic heterocycles. The summed E-state index contributed by atoms with van der Waals surface area (Å²) in [6.45, 7) is 6.13. The third kappa shape index (κ3) is 5.01. The Balaban J connectivity index is 2.75. The van der Waals surface area contributed by atoms with E-state index < -0.39 is 0 Å². The Bertz CT molecular complexity index is 504. The van der Waals surface area contributed by atoms with Gasteiger partial charge in [-0.25, -0.2) is 0 Å². The van der Waals surface area contributed by atoms with Crippen LogP contribution in [-0.4, -0.2) is 32.2 Å². The van der Waals surface area contributed by atoms with E-state index in [0.29, 0.717) is 22.2 Å². The van der Waals surface area contributed by atoms with Crippen LogP contribution < -0.4 is 20.1 Å². The van der Waals surface area contributed by atoms with E-state index in [2.05, 4.69) is 10.6 Å². The third-order valence-corrected chi connectivity index (χ3v) is 3.57. The minimum atomic E-state index is -0.222. The summed E-state index contributed by atoms with van der Waals surface area (Å²) in [6, 6.07) is 3.36. The maximum absolute atomic E-state index is 11.9. The standard InChI is InChI=1S/C15H23ClN2O3/c1-6-15(2,3)18-14(19)9-17-11-7-10(16)12(20-4)8-13(11)21-5/h7-8,17H,6,9H2,1-5H3,(H,18,19). The monoisotopic (exact) mass is 314 g/mol. The molecule has 0 atom stereocenters. The fraction of sp³-hybridized carbons (Fsp3) is 0.533. The van der Waals surface area contributed by atoms with Crippen LogP contribution >= 0.6 is 11.6 Å². The minimum absolute atomic E-state index is 0.0872. The van der Waals surface area contributed by atoms with Gasteiger partial charge in [0.25, 0.3) is 0 Å². The first-order valence-electron chi connectivity index (χ1n) is 6.79. The zero-order chi connectivity index (χ0) is 16.0. The van der Waals surface area contributed by atoms with E-state index >= 15 is 0 Å². The van der Waals surface area contributed by atoms with Gasteiger partial charge < -0.3 is 20.1 Å². The lowest BCUT2D eigenvalue weighted by Crippen LogP contribution is -2.45. The average molecular weight is 315 g/mol. The SMILES string of the molecule is CCC(C)(C)NC(=O)CNc1cc(Cl)c(OC)cc1OC. The lowest BCUT2D eigenvalue weighted by molar-refractivity contribution is -0.121. The van der Waals surface area contributed by atoms with Gasteiger partial charge in [-0.2, -0.15) is 0 Å². The summed E-state index contributed by atoms with van der Waals surface area (Å²) in [5.41, 5.74) is 0.424. The van der Waals surface area contributed by atoms with Crippen molar-refractivity contribution < 1.29 is 14.3 Å². The molecule has 6 heteroatoms. The topological polar surface area (TPSA) is 59.6 Å². The normalized spacial score (nSPS) is 11.0. The van der Waals surface area contributed by atoms with Gasteiger partial charge >= 0.3 is 0 Å². The number of amides is 1. The van der Waals surface area contributed by atoms with Crippen LogP contribution in [0.25, 0.3) is 0 Å². The first kappa shape index (κ1) is 17.4. The number of methoxy groups -OCH3 is 2. The highest BCUT2D eigenvalue weighted by atomic mass is 35.5. The number of hydrogen-bond donors (Lipinski definition) is 2. The first-order valence-corrected chi connectivity index (χ1v) is 7.17. The van der Waals surface area contributed by atoms with E-state index in [0.717, 1.165) is 6.42 Å². The molecule has 0 aliphatic heterocycles. The molecule has 21 heavy (non-hydrogen) atoms. The Morgan fingerprint density at radius 2 is 1.86 bits per heavy atom. The molecular formula is C15H23ClN2O3. The highest BCUT2D eigenvalue weighted by Crippen LogP contribution is 2.35. The minimum Gasteiger partial charge on any atom is -0.495 e. The number of hydrogen-bond acceptors (Lipinski definition) is 4. The predicted octanol–water partition coefficient (Wildman–Crippen LogP) is 3.07. The van der Waals surface area contributed by atoms with Crippen molar-refractivity contribution in [1.29, 1.82) is 0 Å². The largest absolute Gasteiger partial charge is 0.495 e. The third-order valence-electron chi connectivity index (χ3n) is 3.28. The number of halogens is 1. The van der Waals surface area contributed by atoms with Gasteiger partial charge in [-0.1, -0.05) is 18.5 Å². The van der Waals surface area contributed by atoms with Gasteiger partial charge in [0, 0.05) is 11.6 Å². The van der Waals surface area contributed by atoms with E-state index in [1.807, 2.05) is 20.8 Å². The predicted molar refractivity (Wildman–Crippen MR) is 85.6 cm³/mol. The number of carbonyl (C=O) groups excluding carboxylic acids is 1. The lowest BCUT2D eigenvalue weighted by atomic mass is 10.0. The molecule has 0 aliphatic rings. The van der Waals surface area contributed by atoms with Crippen LogP contribution in [0, 0.1) is 0 Å². The second kappa shape index (κ2) is 7.41. The van der Waals surface area contributed by atoms with Crippen molar-refractivity contribution >= 4 is 23.2 Å². The maximum Gasteiger partial charge on any atom is 0.239 e. The Hall–Kier alpha value is -1.62. The highest BCUT2D eigenvalue weighted by Gasteiger charge is 2.18. The second-order valence-electron chi connectivity index (χ2n) is 5.33. The van der Waals surface area contributed by atoms with E-state index in [9.17, 15) is 4.79 Å². The zero-order valence-corrected chi connectivity index (χ0v) is 13.9. The summed E-state index contributed by atoms with van der Waals surface area (Å²) in [7, 11) is 3.09. The molecule has 0 radical (unpaired) electrons. The summed E-state index contributed by atoms with van der Waals surface area (Å²) >= 11 is 6.08. The second-order valence-corrected chi connectivity index (χ2v) is 5.73. The number of anilines is 1. The highest BCUT2D eigenvalue weighted by molar-refractivity contribution is 6.32. The van der Waals surface area contributed by atoms with Crippen molar-refractivity contribution in [3.05, 3.63) is 17.2 Å². The lowest BCUT2D eigenvalue weighted by Gasteiger charge is -2.24. The van der Waals surface area contributed by atoms with Crippen LogP contribution in [0.1, 0.15) is 27.2 Å². The summed E-state index contributed by atoms with van der Waals surface area (Å²) in [5.74, 6) is 1.00. The molecule has 0 fully saturated rings. The Morgan fingerprint density at radius 1 is 1.24 bits per heavy atom. The van der Waals surface area contributed by atoms with Gasteiger partial charge in [0.1, 0.15) is 11.5 Å². The van der Waals surface area contributed by atoms with Crippen molar-refractivity contribution in [2.45, 2.75) is 32.7 Å². The first-order chi connectivity index (χ1) is 9.82. The zero-order valence-electron chi connectivity index (χ0n) is 13.2. The van der Waals surface area contributed by atoms with Crippen molar-refractivity contribution in [3.8, 4) is 11.5 Å². The summed E-state index contributed by atoms with van der Waals surface area (Å²) in [4.78, 5) is 11.9. The Morgan fingerprint density at radius 3 is 2.38 bits per heavy atom. The van der Waals surface area contributed by atoms with Gasteiger partial charge in [-0.3, -0.25) is 4.79 Å². The van der Waals surface area contributed by atoms with Crippen molar-refractivity contribution in [2.75, 3.05) is 26.1 Å². The molecule has 1 amide bonds. The molecule has 0 saturated heterocycles. The molecule has 5 nitrogen and oxygen atoms in total. The molecular weight excluding hydrogens is 292 g/mol. The van der Waals surface area contributed by atoms with Gasteiger partial charge in [-0.15, -0.1) is 0 Å². The fourth-order valence-electron chi connectivity index (χ4n) is 1.68. The van der Waals surface area contributed by atoms with Crippen molar-refractivity contribution in [1.82, 2.24) is 5.32 Å². The molecule has 0 unspecified atom stereocenters. The van der Waals surface area contributed by atoms with E-state index in [4.69, 9.17) is 21.1 Å². The van der Waals surface area contributed by atoms with Crippen LogP contribution in [0.3, 0.4) is 0 Å². The van der Waals surface area contributed by atoms with E-state index in [-0.39, 0.29) is 18.0 Å². The van der Waals surface area contributed by atoms with E-state index in [1.54, 1.807) is 19.2 Å². The molecule has 1 rings (SSSR count). The molecule has 118 valence electrons. The van der Waals surface area contributed by atoms with Crippen LogP contribution in [0.2, 0.25) is 5.02 Å².